The van der Waals surface area contributed by atoms with Gasteiger partial charge in [-0.25, -0.2) is 14.6 Å². The number of carbonyl (C=O) groups is 2. The first-order valence-corrected chi connectivity index (χ1v) is 18.1. The second kappa shape index (κ2) is 17.7. The van der Waals surface area contributed by atoms with Crippen molar-refractivity contribution in [2.24, 2.45) is 4.99 Å². The number of hydrogen-bond donors (Lipinski definition) is 0. The maximum atomic E-state index is 14.4. The third-order valence-electron chi connectivity index (χ3n) is 8.08. The van der Waals surface area contributed by atoms with Crippen molar-refractivity contribution in [1.29, 1.82) is 0 Å². The van der Waals surface area contributed by atoms with Gasteiger partial charge in [-0.15, -0.1) is 6.58 Å². The van der Waals surface area contributed by atoms with Crippen LogP contribution in [0.2, 0.25) is 10.0 Å². The van der Waals surface area contributed by atoms with Crippen LogP contribution in [0.4, 0.5) is 0 Å². The van der Waals surface area contributed by atoms with Crippen molar-refractivity contribution in [2.45, 2.75) is 39.8 Å². The minimum atomic E-state index is -0.913. The van der Waals surface area contributed by atoms with E-state index in [0.717, 1.165) is 11.1 Å². The van der Waals surface area contributed by atoms with Gasteiger partial charge in [-0.05, 0) is 86.4 Å². The molecule has 53 heavy (non-hydrogen) atoms. The van der Waals surface area contributed by atoms with Gasteiger partial charge in [-0.3, -0.25) is 9.36 Å². The van der Waals surface area contributed by atoms with Gasteiger partial charge in [0.2, 0.25) is 0 Å². The van der Waals surface area contributed by atoms with Crippen LogP contribution in [0.5, 0.6) is 23.0 Å². The van der Waals surface area contributed by atoms with E-state index in [1.54, 1.807) is 76.4 Å². The van der Waals surface area contributed by atoms with Gasteiger partial charge in [0.25, 0.3) is 5.56 Å². The van der Waals surface area contributed by atoms with Gasteiger partial charge in [0.05, 0.1) is 59.3 Å². The molecular weight excluding hydrogens is 743 g/mol. The summed E-state index contributed by atoms with van der Waals surface area (Å²) < 4.78 is 35.5. The molecule has 1 aliphatic rings. The van der Waals surface area contributed by atoms with Crippen molar-refractivity contribution in [2.75, 3.05) is 34.0 Å². The highest BCUT2D eigenvalue weighted by atomic mass is 35.5. The number of nitrogens with zero attached hydrogens (tertiary/aromatic N) is 2. The van der Waals surface area contributed by atoms with Gasteiger partial charge in [0, 0.05) is 5.56 Å². The maximum Gasteiger partial charge on any atom is 0.343 e. The van der Waals surface area contributed by atoms with Crippen molar-refractivity contribution in [1.82, 2.24) is 4.57 Å². The number of fused-ring (bicyclic) bond motifs is 1. The van der Waals surface area contributed by atoms with Crippen molar-refractivity contribution >= 4 is 52.6 Å². The Morgan fingerprint density at radius 3 is 2.43 bits per heavy atom. The fourth-order valence-corrected chi connectivity index (χ4v) is 7.08. The van der Waals surface area contributed by atoms with Crippen LogP contribution in [0.25, 0.3) is 6.08 Å². The molecule has 278 valence electrons. The quantitative estimate of drug-likeness (QED) is 0.100. The number of rotatable bonds is 15. The van der Waals surface area contributed by atoms with E-state index in [4.69, 9.17) is 51.6 Å². The Labute approximate surface area is 320 Å². The van der Waals surface area contributed by atoms with E-state index in [0.29, 0.717) is 65.6 Å². The Morgan fingerprint density at radius 2 is 1.75 bits per heavy atom. The summed E-state index contributed by atoms with van der Waals surface area (Å²) >= 11 is 13.5. The number of halogens is 2. The molecule has 0 spiro atoms. The largest absolute Gasteiger partial charge is 0.493 e. The predicted octanol–water partition coefficient (Wildman–Crippen LogP) is 6.37. The molecule has 14 heteroatoms. The number of thiazole rings is 1. The Morgan fingerprint density at radius 1 is 0.962 bits per heavy atom. The van der Waals surface area contributed by atoms with Crippen LogP contribution in [0.3, 0.4) is 0 Å². The monoisotopic (exact) mass is 780 g/mol. The fourth-order valence-electron chi connectivity index (χ4n) is 5.71. The summed E-state index contributed by atoms with van der Waals surface area (Å²) in [6.07, 6.45) is 3.96. The van der Waals surface area contributed by atoms with E-state index in [2.05, 4.69) is 11.6 Å². The maximum absolute atomic E-state index is 14.4. The van der Waals surface area contributed by atoms with Crippen LogP contribution >= 0.6 is 34.5 Å². The van der Waals surface area contributed by atoms with Crippen LogP contribution in [-0.2, 0) is 32.1 Å². The third kappa shape index (κ3) is 8.78. The molecule has 4 aromatic rings. The summed E-state index contributed by atoms with van der Waals surface area (Å²) in [4.78, 5) is 44.7. The van der Waals surface area contributed by atoms with Gasteiger partial charge in [-0.1, -0.05) is 52.7 Å². The van der Waals surface area contributed by atoms with Crippen LogP contribution in [-0.4, -0.2) is 50.5 Å². The number of aromatic nitrogens is 1. The molecule has 0 radical (unpaired) electrons. The average Bonchev–Trinajstić information content (AvgIpc) is 3.44. The lowest BCUT2D eigenvalue weighted by molar-refractivity contribution is -0.143. The molecule has 1 aliphatic heterocycles. The van der Waals surface area contributed by atoms with E-state index in [-0.39, 0.29) is 37.6 Å². The Kier molecular flexibility index (Phi) is 13.0. The summed E-state index contributed by atoms with van der Waals surface area (Å²) in [5, 5.41) is 0.870. The lowest BCUT2D eigenvalue weighted by atomic mass is 9.95. The Balaban J connectivity index is 1.61. The summed E-state index contributed by atoms with van der Waals surface area (Å²) in [6.45, 7) is 9.41. The van der Waals surface area contributed by atoms with E-state index >= 15 is 0 Å². The molecule has 5 rings (SSSR count). The third-order valence-corrected chi connectivity index (χ3v) is 9.80. The standard InChI is InChI=1S/C39H38Cl2N2O9S/c1-7-10-26-15-24(17-31(47-5)36(26)52-20-23-11-13-27(40)28(41)16-23)18-32-37(45)43-35(34(38(46)50-9-3)22(4)42-39(43)53-32)25-12-14-29(30(19-25)49-8-2)51-21-33(44)48-6/h7,11-19,35H,1,8-10,20-21H2,2-6H3/b32-18-/t35-/m1/s1. The van der Waals surface area contributed by atoms with Crippen LogP contribution in [0, 0.1) is 0 Å². The molecule has 0 aliphatic carbocycles. The molecule has 0 bridgehead atoms. The number of carbonyl (C=O) groups excluding carboxylic acids is 2. The highest BCUT2D eigenvalue weighted by Gasteiger charge is 2.34. The van der Waals surface area contributed by atoms with E-state index in [9.17, 15) is 14.4 Å². The first-order chi connectivity index (χ1) is 25.5. The zero-order chi connectivity index (χ0) is 38.2. The van der Waals surface area contributed by atoms with Crippen LogP contribution < -0.4 is 33.8 Å². The smallest absolute Gasteiger partial charge is 0.343 e. The number of ether oxygens (including phenoxy) is 6. The van der Waals surface area contributed by atoms with Crippen molar-refractivity contribution < 1.29 is 38.0 Å². The van der Waals surface area contributed by atoms with Gasteiger partial charge < -0.3 is 28.4 Å². The van der Waals surface area contributed by atoms with E-state index in [1.807, 2.05) is 12.1 Å². The van der Waals surface area contributed by atoms with Crippen molar-refractivity contribution in [3.8, 4) is 23.0 Å². The second-order valence-corrected chi connectivity index (χ2v) is 13.4. The summed E-state index contributed by atoms with van der Waals surface area (Å²) in [5.74, 6) is 0.423. The molecule has 0 unspecified atom stereocenters. The highest BCUT2D eigenvalue weighted by molar-refractivity contribution is 7.07. The molecule has 0 saturated heterocycles. The Hall–Kier alpha value is -5.04. The first kappa shape index (κ1) is 39.2. The van der Waals surface area contributed by atoms with Gasteiger partial charge in [-0.2, -0.15) is 0 Å². The molecule has 0 N–H and O–H groups in total. The lowest BCUT2D eigenvalue weighted by Crippen LogP contribution is -2.40. The van der Waals surface area contributed by atoms with Crippen molar-refractivity contribution in [3.63, 3.8) is 0 Å². The predicted molar refractivity (Wildman–Crippen MR) is 203 cm³/mol. The van der Waals surface area contributed by atoms with E-state index < -0.39 is 18.0 Å². The van der Waals surface area contributed by atoms with Gasteiger partial charge >= 0.3 is 11.9 Å². The highest BCUT2D eigenvalue weighted by Crippen LogP contribution is 2.37. The number of methoxy groups -OCH3 is 2. The van der Waals surface area contributed by atoms with Crippen LogP contribution in [0.1, 0.15) is 49.1 Å². The topological polar surface area (TPSA) is 124 Å². The number of hydrogen-bond acceptors (Lipinski definition) is 11. The molecule has 0 fully saturated rings. The summed E-state index contributed by atoms with van der Waals surface area (Å²) in [7, 11) is 2.81. The molecule has 1 atom stereocenters. The van der Waals surface area contributed by atoms with Gasteiger partial charge in [0.1, 0.15) is 6.61 Å². The molecule has 11 nitrogen and oxygen atoms in total. The molecule has 2 heterocycles. The normalized spacial score (nSPS) is 13.9. The van der Waals surface area contributed by atoms with Gasteiger partial charge in [0.15, 0.2) is 34.4 Å². The summed E-state index contributed by atoms with van der Waals surface area (Å²) in [6, 6.07) is 13.1. The minimum Gasteiger partial charge on any atom is -0.493 e. The molecular formula is C39H38Cl2N2O9S. The fraction of sp³-hybridized carbons (Fsp3) is 0.282. The number of esters is 2. The molecule has 1 aromatic heterocycles. The first-order valence-electron chi connectivity index (χ1n) is 16.6. The number of benzene rings is 3. The van der Waals surface area contributed by atoms with Crippen LogP contribution in [0.15, 0.2) is 82.2 Å². The lowest BCUT2D eigenvalue weighted by Gasteiger charge is -2.25. The van der Waals surface area contributed by atoms with E-state index in [1.165, 1.54) is 23.0 Å². The summed E-state index contributed by atoms with van der Waals surface area (Å²) in [5.41, 5.74) is 3.06. The SMILES string of the molecule is C=CCc1cc(/C=c2\sc3n(c2=O)[C@H](c2ccc(OCC(=O)OC)c(OCC)c2)C(C(=O)OCC)=C(C)N=3)cc(OC)c1OCc1ccc(Cl)c(Cl)c1. The molecule has 3 aromatic carbocycles. The average molecular weight is 782 g/mol. The second-order valence-electron chi connectivity index (χ2n) is 11.5. The zero-order valence-corrected chi connectivity index (χ0v) is 32.2. The van der Waals surface area contributed by atoms with Crippen molar-refractivity contribution in [3.05, 3.63) is 124 Å². The molecule has 0 amide bonds. The Bertz CT molecular complexity index is 2260. The minimum absolute atomic E-state index is 0.124. The number of allylic oxidation sites excluding steroid dienone is 2. The zero-order valence-electron chi connectivity index (χ0n) is 29.8. The molecule has 0 saturated carbocycles.